The number of carbonyl (C=O) groups is 1. The van der Waals surface area contributed by atoms with Gasteiger partial charge in [0.1, 0.15) is 11.6 Å². The minimum atomic E-state index is -0.386. The van der Waals surface area contributed by atoms with Crippen molar-refractivity contribution in [2.45, 2.75) is 38.6 Å². The molecule has 2 N–H and O–H groups in total. The summed E-state index contributed by atoms with van der Waals surface area (Å²) in [6, 6.07) is 4.22. The molecule has 0 radical (unpaired) electrons. The number of nitrogens with two attached hydrogens (primary N) is 1. The fourth-order valence-electron chi connectivity index (χ4n) is 1.59. The van der Waals surface area contributed by atoms with Gasteiger partial charge in [0.05, 0.1) is 0 Å². The van der Waals surface area contributed by atoms with Crippen molar-refractivity contribution in [3.63, 3.8) is 0 Å². The van der Waals surface area contributed by atoms with E-state index in [-0.39, 0.29) is 24.1 Å². The Morgan fingerprint density at radius 1 is 1.53 bits per heavy atom. The summed E-state index contributed by atoms with van der Waals surface area (Å²) in [5.74, 6) is -0.276. The van der Waals surface area contributed by atoms with Crippen LogP contribution in [0.3, 0.4) is 0 Å². The van der Waals surface area contributed by atoms with Gasteiger partial charge in [-0.2, -0.15) is 0 Å². The number of rotatable bonds is 6. The van der Waals surface area contributed by atoms with Crippen molar-refractivity contribution in [1.82, 2.24) is 0 Å². The Labute approximate surface area is 106 Å². The van der Waals surface area contributed by atoms with Gasteiger partial charge in [0.15, 0.2) is 0 Å². The lowest BCUT2D eigenvalue weighted by atomic mass is 10.0. The van der Waals surface area contributed by atoms with E-state index in [1.807, 2.05) is 6.92 Å². The Morgan fingerprint density at radius 3 is 2.82 bits per heavy atom. The summed E-state index contributed by atoms with van der Waals surface area (Å²) in [6.45, 7) is 1.92. The average Bonchev–Trinajstić information content (AvgIpc) is 2.21. The van der Waals surface area contributed by atoms with Crippen molar-refractivity contribution in [1.29, 1.82) is 0 Å². The lowest BCUT2D eigenvalue weighted by Gasteiger charge is -2.05. The van der Waals surface area contributed by atoms with Crippen LogP contribution in [-0.2, 0) is 11.2 Å². The number of hydrogen-bond donors (Lipinski definition) is 1. The minimum absolute atomic E-state index is 0.110. The molecular formula is C13H17ClFNO. The Hall–Kier alpha value is -0.930. The third kappa shape index (κ3) is 5.29. The van der Waals surface area contributed by atoms with Crippen LogP contribution in [-0.4, -0.2) is 11.8 Å². The average molecular weight is 258 g/mol. The Kier molecular flexibility index (Phi) is 5.59. The van der Waals surface area contributed by atoms with Gasteiger partial charge in [-0.1, -0.05) is 17.7 Å². The molecule has 17 heavy (non-hydrogen) atoms. The molecule has 0 fully saturated rings. The first kappa shape index (κ1) is 14.1. The topological polar surface area (TPSA) is 43.1 Å². The van der Waals surface area contributed by atoms with Gasteiger partial charge in [-0.05, 0) is 37.5 Å². The smallest absolute Gasteiger partial charge is 0.137 e. The normalized spacial score (nSPS) is 12.5. The third-order valence-corrected chi connectivity index (χ3v) is 2.87. The van der Waals surface area contributed by atoms with Crippen molar-refractivity contribution in [3.8, 4) is 0 Å². The van der Waals surface area contributed by atoms with Crippen molar-refractivity contribution in [3.05, 3.63) is 34.6 Å². The molecule has 0 aromatic heterocycles. The fraction of sp³-hybridized carbons (Fsp3) is 0.462. The van der Waals surface area contributed by atoms with Crippen LogP contribution in [0, 0.1) is 5.82 Å². The molecule has 2 nitrogen and oxygen atoms in total. The molecule has 0 bridgehead atoms. The molecule has 1 aromatic rings. The predicted octanol–water partition coefficient (Wildman–Crippen LogP) is 3.11. The summed E-state index contributed by atoms with van der Waals surface area (Å²) in [5.41, 5.74) is 6.28. The number of hydrogen-bond acceptors (Lipinski definition) is 2. The summed E-state index contributed by atoms with van der Waals surface area (Å²) < 4.78 is 12.8. The van der Waals surface area contributed by atoms with Gasteiger partial charge in [0.25, 0.3) is 0 Å². The zero-order valence-electron chi connectivity index (χ0n) is 9.88. The molecule has 1 atom stereocenters. The first-order chi connectivity index (χ1) is 7.99. The van der Waals surface area contributed by atoms with Crippen LogP contribution in [0.2, 0.25) is 5.02 Å². The second-order valence-electron chi connectivity index (χ2n) is 4.32. The molecule has 4 heteroatoms. The van der Waals surface area contributed by atoms with Crippen molar-refractivity contribution in [2.24, 2.45) is 5.73 Å². The Balaban J connectivity index is 2.45. The molecule has 0 aliphatic rings. The van der Waals surface area contributed by atoms with Crippen LogP contribution < -0.4 is 5.73 Å². The number of Topliss-reactive ketones (excluding diaryl/α,β-unsaturated/α-hetero) is 1. The number of carbonyl (C=O) groups excluding carboxylic acids is 1. The quantitative estimate of drug-likeness (QED) is 0.851. The van der Waals surface area contributed by atoms with Gasteiger partial charge >= 0.3 is 0 Å². The van der Waals surface area contributed by atoms with E-state index >= 15 is 0 Å². The molecule has 0 saturated carbocycles. The molecule has 0 amide bonds. The lowest BCUT2D eigenvalue weighted by Crippen LogP contribution is -2.15. The minimum Gasteiger partial charge on any atom is -0.328 e. The zero-order chi connectivity index (χ0) is 12.8. The van der Waals surface area contributed by atoms with Crippen molar-refractivity contribution >= 4 is 17.4 Å². The van der Waals surface area contributed by atoms with E-state index in [0.29, 0.717) is 17.0 Å². The van der Waals surface area contributed by atoms with Gasteiger partial charge in [-0.3, -0.25) is 4.79 Å². The van der Waals surface area contributed by atoms with E-state index in [2.05, 4.69) is 0 Å². The number of ketones is 1. The van der Waals surface area contributed by atoms with E-state index in [9.17, 15) is 9.18 Å². The van der Waals surface area contributed by atoms with Crippen LogP contribution in [0.1, 0.15) is 31.7 Å². The van der Waals surface area contributed by atoms with E-state index in [1.54, 1.807) is 6.07 Å². The van der Waals surface area contributed by atoms with Crippen LogP contribution in [0.5, 0.6) is 0 Å². The molecule has 0 aliphatic heterocycles. The highest BCUT2D eigenvalue weighted by Crippen LogP contribution is 2.18. The first-order valence-electron chi connectivity index (χ1n) is 5.70. The van der Waals surface area contributed by atoms with E-state index in [1.165, 1.54) is 12.1 Å². The van der Waals surface area contributed by atoms with Crippen molar-refractivity contribution < 1.29 is 9.18 Å². The van der Waals surface area contributed by atoms with Crippen LogP contribution in [0.4, 0.5) is 4.39 Å². The molecule has 1 unspecified atom stereocenters. The third-order valence-electron chi connectivity index (χ3n) is 2.52. The fourth-order valence-corrected chi connectivity index (χ4v) is 1.82. The molecule has 0 heterocycles. The highest BCUT2D eigenvalue weighted by atomic mass is 35.5. The molecule has 0 spiro atoms. The maximum Gasteiger partial charge on any atom is 0.137 e. The van der Waals surface area contributed by atoms with Gasteiger partial charge in [-0.15, -0.1) is 0 Å². The predicted molar refractivity (Wildman–Crippen MR) is 67.6 cm³/mol. The highest BCUT2D eigenvalue weighted by Gasteiger charge is 2.08. The van der Waals surface area contributed by atoms with Crippen LogP contribution in [0.15, 0.2) is 18.2 Å². The zero-order valence-corrected chi connectivity index (χ0v) is 10.6. The summed E-state index contributed by atoms with van der Waals surface area (Å²) in [6.07, 6.45) is 2.38. The first-order valence-corrected chi connectivity index (χ1v) is 6.08. The van der Waals surface area contributed by atoms with Crippen LogP contribution >= 0.6 is 11.6 Å². The second-order valence-corrected chi connectivity index (χ2v) is 4.73. The molecule has 94 valence electrons. The largest absolute Gasteiger partial charge is 0.328 e. The monoisotopic (exact) mass is 257 g/mol. The number of halogens is 2. The van der Waals surface area contributed by atoms with E-state index < -0.39 is 0 Å². The van der Waals surface area contributed by atoms with E-state index in [4.69, 9.17) is 17.3 Å². The van der Waals surface area contributed by atoms with Crippen molar-refractivity contribution in [2.75, 3.05) is 0 Å². The molecular weight excluding hydrogens is 241 g/mol. The van der Waals surface area contributed by atoms with Crippen LogP contribution in [0.25, 0.3) is 0 Å². The maximum atomic E-state index is 12.8. The van der Waals surface area contributed by atoms with Gasteiger partial charge in [0, 0.05) is 23.9 Å². The van der Waals surface area contributed by atoms with Gasteiger partial charge in [-0.25, -0.2) is 4.39 Å². The van der Waals surface area contributed by atoms with Gasteiger partial charge in [0.2, 0.25) is 0 Å². The van der Waals surface area contributed by atoms with E-state index in [0.717, 1.165) is 12.8 Å². The molecule has 0 saturated heterocycles. The standard InChI is InChI=1S/C13H17ClFNO/c1-9(16)3-2-4-12(17)7-10-5-6-11(15)8-13(10)14/h5-6,8-9H,2-4,7,16H2,1H3. The van der Waals surface area contributed by atoms with Gasteiger partial charge < -0.3 is 5.73 Å². The summed E-state index contributed by atoms with van der Waals surface area (Å²) in [7, 11) is 0. The molecule has 1 rings (SSSR count). The summed E-state index contributed by atoms with van der Waals surface area (Å²) >= 11 is 5.85. The maximum absolute atomic E-state index is 12.8. The molecule has 0 aliphatic carbocycles. The Bertz CT molecular complexity index is 393. The Morgan fingerprint density at radius 2 is 2.24 bits per heavy atom. The second kappa shape index (κ2) is 6.72. The lowest BCUT2D eigenvalue weighted by molar-refractivity contribution is -0.118. The summed E-state index contributed by atoms with van der Waals surface area (Å²) in [4.78, 5) is 11.6. The highest BCUT2D eigenvalue weighted by molar-refractivity contribution is 6.31. The SMILES string of the molecule is CC(N)CCCC(=O)Cc1ccc(F)cc1Cl. The summed E-state index contributed by atoms with van der Waals surface area (Å²) in [5, 5.41) is 0.311. The molecule has 1 aromatic carbocycles. The number of benzene rings is 1.